The molecule has 0 saturated carbocycles. The van der Waals surface area contributed by atoms with Gasteiger partial charge in [0.1, 0.15) is 11.9 Å². The third-order valence-electron chi connectivity index (χ3n) is 2.79. The highest BCUT2D eigenvalue weighted by Gasteiger charge is 2.11. The minimum atomic E-state index is -0.453. The van der Waals surface area contributed by atoms with Crippen molar-refractivity contribution < 1.29 is 9.53 Å². The molecule has 2 rings (SSSR count). The number of nitrogens with two attached hydrogens (primary N) is 1. The molecule has 0 heterocycles. The first-order valence-electron chi connectivity index (χ1n) is 5.89. The third kappa shape index (κ3) is 3.26. The van der Waals surface area contributed by atoms with Crippen LogP contribution in [0, 0.1) is 0 Å². The summed E-state index contributed by atoms with van der Waals surface area (Å²) < 4.78 is 5.78. The van der Waals surface area contributed by atoms with Crippen molar-refractivity contribution in [3.8, 4) is 5.75 Å². The first-order valence-corrected chi connectivity index (χ1v) is 6.26. The molecule has 0 spiro atoms. The van der Waals surface area contributed by atoms with Crippen LogP contribution in [0.1, 0.15) is 28.9 Å². The molecule has 0 bridgehead atoms. The second kappa shape index (κ2) is 5.76. The number of carbonyl (C=O) groups excluding carboxylic acids is 1. The second-order valence-electron chi connectivity index (χ2n) is 4.17. The van der Waals surface area contributed by atoms with Gasteiger partial charge in [0.05, 0.1) is 0 Å². The van der Waals surface area contributed by atoms with E-state index >= 15 is 0 Å². The van der Waals surface area contributed by atoms with E-state index in [0.717, 1.165) is 5.56 Å². The predicted octanol–water partition coefficient (Wildman–Crippen LogP) is 3.58. The van der Waals surface area contributed by atoms with Crippen LogP contribution in [0.4, 0.5) is 0 Å². The molecule has 0 fully saturated rings. The van der Waals surface area contributed by atoms with Crippen LogP contribution in [-0.2, 0) is 0 Å². The van der Waals surface area contributed by atoms with Gasteiger partial charge in [0, 0.05) is 16.1 Å². The van der Waals surface area contributed by atoms with Gasteiger partial charge in [0.15, 0.2) is 0 Å². The average molecular weight is 276 g/mol. The van der Waals surface area contributed by atoms with Crippen molar-refractivity contribution in [3.63, 3.8) is 0 Å². The number of carbonyl (C=O) groups is 1. The Bertz CT molecular complexity index is 581. The van der Waals surface area contributed by atoms with E-state index in [9.17, 15) is 4.79 Å². The molecular formula is C15H14ClNO2. The molecule has 0 aliphatic carbocycles. The van der Waals surface area contributed by atoms with Crippen molar-refractivity contribution in [2.75, 3.05) is 0 Å². The summed E-state index contributed by atoms with van der Waals surface area (Å²) in [5.74, 6) is 0.211. The molecule has 3 nitrogen and oxygen atoms in total. The van der Waals surface area contributed by atoms with Gasteiger partial charge in [0.2, 0.25) is 5.91 Å². The van der Waals surface area contributed by atoms with Crippen LogP contribution < -0.4 is 10.5 Å². The molecule has 1 atom stereocenters. The standard InChI is InChI=1S/C15H14ClNO2/c1-10(13-4-2-3-5-14(13)16)19-12-8-6-11(7-9-12)15(17)18/h2-10H,1H3,(H2,17,18). The summed E-state index contributed by atoms with van der Waals surface area (Å²) in [5, 5.41) is 0.670. The fraction of sp³-hybridized carbons (Fsp3) is 0.133. The van der Waals surface area contributed by atoms with E-state index in [-0.39, 0.29) is 6.10 Å². The highest BCUT2D eigenvalue weighted by molar-refractivity contribution is 6.31. The molecule has 1 amide bonds. The molecule has 0 aliphatic rings. The van der Waals surface area contributed by atoms with E-state index in [2.05, 4.69) is 0 Å². The van der Waals surface area contributed by atoms with E-state index in [1.807, 2.05) is 31.2 Å². The topological polar surface area (TPSA) is 52.3 Å². The van der Waals surface area contributed by atoms with Crippen LogP contribution in [-0.4, -0.2) is 5.91 Å². The van der Waals surface area contributed by atoms with Gasteiger partial charge in [0.25, 0.3) is 0 Å². The molecule has 0 radical (unpaired) electrons. The predicted molar refractivity (Wildman–Crippen MR) is 75.5 cm³/mol. The highest BCUT2D eigenvalue weighted by atomic mass is 35.5. The number of benzene rings is 2. The lowest BCUT2D eigenvalue weighted by Crippen LogP contribution is -2.10. The Hall–Kier alpha value is -2.00. The van der Waals surface area contributed by atoms with Crippen molar-refractivity contribution >= 4 is 17.5 Å². The Kier molecular flexibility index (Phi) is 4.07. The van der Waals surface area contributed by atoms with Crippen LogP contribution in [0.5, 0.6) is 5.75 Å². The zero-order valence-corrected chi connectivity index (χ0v) is 11.2. The fourth-order valence-corrected chi connectivity index (χ4v) is 2.06. The van der Waals surface area contributed by atoms with Crippen molar-refractivity contribution in [3.05, 3.63) is 64.7 Å². The van der Waals surface area contributed by atoms with E-state index in [1.54, 1.807) is 24.3 Å². The first kappa shape index (κ1) is 13.4. The van der Waals surface area contributed by atoms with Gasteiger partial charge in [-0.1, -0.05) is 29.8 Å². The monoisotopic (exact) mass is 275 g/mol. The van der Waals surface area contributed by atoms with Crippen molar-refractivity contribution in [1.82, 2.24) is 0 Å². The smallest absolute Gasteiger partial charge is 0.248 e. The van der Waals surface area contributed by atoms with E-state index in [0.29, 0.717) is 16.3 Å². The summed E-state index contributed by atoms with van der Waals surface area (Å²) in [7, 11) is 0. The van der Waals surface area contributed by atoms with Crippen molar-refractivity contribution in [2.24, 2.45) is 5.73 Å². The summed E-state index contributed by atoms with van der Waals surface area (Å²) in [5.41, 5.74) is 6.55. The van der Waals surface area contributed by atoms with Gasteiger partial charge in [-0.15, -0.1) is 0 Å². The van der Waals surface area contributed by atoms with E-state index in [4.69, 9.17) is 22.1 Å². The Morgan fingerprint density at radius 1 is 1.16 bits per heavy atom. The molecule has 19 heavy (non-hydrogen) atoms. The number of halogens is 1. The molecule has 0 saturated heterocycles. The number of hydrogen-bond acceptors (Lipinski definition) is 2. The molecule has 1 unspecified atom stereocenters. The average Bonchev–Trinajstić information content (AvgIpc) is 2.39. The van der Waals surface area contributed by atoms with Gasteiger partial charge < -0.3 is 10.5 Å². The summed E-state index contributed by atoms with van der Waals surface area (Å²) >= 11 is 6.11. The van der Waals surface area contributed by atoms with E-state index < -0.39 is 5.91 Å². The van der Waals surface area contributed by atoms with Crippen molar-refractivity contribution in [2.45, 2.75) is 13.0 Å². The number of primary amides is 1. The van der Waals surface area contributed by atoms with Crippen LogP contribution >= 0.6 is 11.6 Å². The normalized spacial score (nSPS) is 11.9. The number of ether oxygens (including phenoxy) is 1. The van der Waals surface area contributed by atoms with Gasteiger partial charge in [-0.25, -0.2) is 0 Å². The minimum absolute atomic E-state index is 0.173. The van der Waals surface area contributed by atoms with Crippen LogP contribution in [0.3, 0.4) is 0 Å². The maximum absolute atomic E-state index is 11.0. The van der Waals surface area contributed by atoms with Crippen LogP contribution in [0.25, 0.3) is 0 Å². The van der Waals surface area contributed by atoms with Gasteiger partial charge in [-0.2, -0.15) is 0 Å². The lowest BCUT2D eigenvalue weighted by atomic mass is 10.1. The summed E-state index contributed by atoms with van der Waals surface area (Å²) in [6.45, 7) is 1.92. The molecule has 98 valence electrons. The zero-order chi connectivity index (χ0) is 13.8. The first-order chi connectivity index (χ1) is 9.08. The Balaban J connectivity index is 2.13. The molecule has 4 heteroatoms. The second-order valence-corrected chi connectivity index (χ2v) is 4.58. The van der Waals surface area contributed by atoms with Gasteiger partial charge in [-0.3, -0.25) is 4.79 Å². The molecule has 0 aromatic heterocycles. The zero-order valence-electron chi connectivity index (χ0n) is 10.5. The Morgan fingerprint density at radius 2 is 1.79 bits per heavy atom. The molecular weight excluding hydrogens is 262 g/mol. The SMILES string of the molecule is CC(Oc1ccc(C(N)=O)cc1)c1ccccc1Cl. The summed E-state index contributed by atoms with van der Waals surface area (Å²) in [6, 6.07) is 14.2. The Labute approximate surface area is 117 Å². The highest BCUT2D eigenvalue weighted by Crippen LogP contribution is 2.27. The number of hydrogen-bond donors (Lipinski definition) is 1. The minimum Gasteiger partial charge on any atom is -0.486 e. The fourth-order valence-electron chi connectivity index (χ4n) is 1.77. The maximum atomic E-state index is 11.0. The summed E-state index contributed by atoms with van der Waals surface area (Å²) in [6.07, 6.45) is -0.173. The van der Waals surface area contributed by atoms with Crippen LogP contribution in [0.15, 0.2) is 48.5 Å². The lowest BCUT2D eigenvalue weighted by molar-refractivity contribution is 0.1000. The largest absolute Gasteiger partial charge is 0.486 e. The van der Waals surface area contributed by atoms with Gasteiger partial charge >= 0.3 is 0 Å². The summed E-state index contributed by atoms with van der Waals surface area (Å²) in [4.78, 5) is 11.0. The lowest BCUT2D eigenvalue weighted by Gasteiger charge is -2.16. The number of rotatable bonds is 4. The van der Waals surface area contributed by atoms with Crippen molar-refractivity contribution in [1.29, 1.82) is 0 Å². The quantitative estimate of drug-likeness (QED) is 0.927. The maximum Gasteiger partial charge on any atom is 0.248 e. The molecule has 0 aliphatic heterocycles. The number of amides is 1. The third-order valence-corrected chi connectivity index (χ3v) is 3.14. The van der Waals surface area contributed by atoms with Gasteiger partial charge in [-0.05, 0) is 37.3 Å². The molecule has 2 N–H and O–H groups in total. The van der Waals surface area contributed by atoms with Crippen LogP contribution in [0.2, 0.25) is 5.02 Å². The molecule has 2 aromatic carbocycles. The van der Waals surface area contributed by atoms with E-state index in [1.165, 1.54) is 0 Å². The molecule has 2 aromatic rings. The Morgan fingerprint density at radius 3 is 2.37 bits per heavy atom.